The van der Waals surface area contributed by atoms with Gasteiger partial charge in [0.25, 0.3) is 0 Å². The number of anilines is 6. The summed E-state index contributed by atoms with van der Waals surface area (Å²) in [6.45, 7) is 9.35. The second-order valence-electron chi connectivity index (χ2n) is 16.6. The van der Waals surface area contributed by atoms with Crippen LogP contribution in [0.3, 0.4) is 0 Å². The minimum absolute atomic E-state index is 0.0694. The molecule has 0 atom stereocenters. The summed E-state index contributed by atoms with van der Waals surface area (Å²) in [4.78, 5) is 4.77. The van der Waals surface area contributed by atoms with Crippen LogP contribution in [-0.2, 0) is 10.8 Å². The second-order valence-corrected chi connectivity index (χ2v) is 16.6. The molecule has 0 spiro atoms. The molecule has 0 saturated carbocycles. The van der Waals surface area contributed by atoms with Gasteiger partial charge in [-0.15, -0.1) is 0 Å². The van der Waals surface area contributed by atoms with E-state index in [1.807, 2.05) is 6.07 Å². The summed E-state index contributed by atoms with van der Waals surface area (Å²) in [6, 6.07) is 66.3. The fourth-order valence-electron chi connectivity index (χ4n) is 9.63. The summed E-state index contributed by atoms with van der Waals surface area (Å²) < 4.78 is 6.42. The third-order valence-corrected chi connectivity index (χ3v) is 12.6. The smallest absolute Gasteiger partial charge is 0.151 e. The average Bonchev–Trinajstić information content (AvgIpc) is 3.48. The fourth-order valence-corrected chi connectivity index (χ4v) is 9.63. The van der Waals surface area contributed by atoms with Gasteiger partial charge in [-0.2, -0.15) is 0 Å². The molecule has 1 aliphatic carbocycles. The van der Waals surface area contributed by atoms with Gasteiger partial charge >= 0.3 is 0 Å². The van der Waals surface area contributed by atoms with E-state index in [0.29, 0.717) is 0 Å². The van der Waals surface area contributed by atoms with Crippen LogP contribution in [0.5, 0.6) is 11.5 Å². The highest BCUT2D eigenvalue weighted by Crippen LogP contribution is 2.60. The Morgan fingerprint density at radius 3 is 1.74 bits per heavy atom. The summed E-state index contributed by atoms with van der Waals surface area (Å²) >= 11 is 0. The maximum Gasteiger partial charge on any atom is 0.151 e. The standard InChI is InChI=1S/C54H42N2O/c1-53(2)44-16-9-8-15-42(44)43-31-30-41(34-46(43)53)55(39-13-6-5-7-14-39)40-28-25-36(26-29-40)35-21-23-37(24-22-35)38-27-32-48-47(33-38)54(3,4)45-17-12-20-51-52(45)56(48)49-18-10-11-19-50(49)57-51/h5-34H,1-4H3. The van der Waals surface area contributed by atoms with Crippen LogP contribution in [0.2, 0.25) is 0 Å². The van der Waals surface area contributed by atoms with Crippen LogP contribution in [0.15, 0.2) is 182 Å². The van der Waals surface area contributed by atoms with Crippen molar-refractivity contribution in [3.05, 3.63) is 204 Å². The number of fused-ring (bicyclic) bond motifs is 7. The maximum absolute atomic E-state index is 6.42. The molecule has 8 aromatic carbocycles. The fraction of sp³-hybridized carbons (Fsp3) is 0.111. The lowest BCUT2D eigenvalue weighted by Gasteiger charge is -2.45. The Balaban J connectivity index is 0.914. The molecular weight excluding hydrogens is 693 g/mol. The molecule has 0 aromatic heterocycles. The van der Waals surface area contributed by atoms with Gasteiger partial charge in [0.15, 0.2) is 11.5 Å². The highest BCUT2D eigenvalue weighted by molar-refractivity contribution is 5.94. The summed E-state index contributed by atoms with van der Waals surface area (Å²) in [5.41, 5.74) is 19.4. The Bertz CT molecular complexity index is 2870. The first kappa shape index (κ1) is 33.5. The largest absolute Gasteiger partial charge is 0.453 e. The van der Waals surface area contributed by atoms with Crippen LogP contribution in [0.4, 0.5) is 34.1 Å². The van der Waals surface area contributed by atoms with Gasteiger partial charge in [-0.25, -0.2) is 0 Å². The molecule has 3 nitrogen and oxygen atoms in total. The second kappa shape index (κ2) is 12.3. The molecule has 3 aliphatic rings. The quantitative estimate of drug-likeness (QED) is 0.175. The predicted octanol–water partition coefficient (Wildman–Crippen LogP) is 15.0. The summed E-state index contributed by atoms with van der Waals surface area (Å²) in [5.74, 6) is 1.79. The minimum atomic E-state index is -0.209. The van der Waals surface area contributed by atoms with Gasteiger partial charge in [-0.1, -0.05) is 143 Å². The van der Waals surface area contributed by atoms with Crippen molar-refractivity contribution in [3.63, 3.8) is 0 Å². The number of hydrogen-bond acceptors (Lipinski definition) is 3. The third-order valence-electron chi connectivity index (χ3n) is 12.6. The number of benzene rings is 8. The van der Waals surface area contributed by atoms with Crippen LogP contribution < -0.4 is 14.5 Å². The Morgan fingerprint density at radius 1 is 0.386 bits per heavy atom. The van der Waals surface area contributed by atoms with Gasteiger partial charge in [0, 0.05) is 27.9 Å². The molecule has 8 aromatic rings. The first-order valence-corrected chi connectivity index (χ1v) is 19.9. The number of hydrogen-bond donors (Lipinski definition) is 0. The molecule has 274 valence electrons. The molecule has 0 N–H and O–H groups in total. The lowest BCUT2D eigenvalue weighted by molar-refractivity contribution is 0.471. The molecule has 57 heavy (non-hydrogen) atoms. The average molecular weight is 735 g/mol. The van der Waals surface area contributed by atoms with Crippen molar-refractivity contribution in [3.8, 4) is 44.9 Å². The molecular formula is C54H42N2O. The monoisotopic (exact) mass is 734 g/mol. The Labute approximate surface area is 335 Å². The highest BCUT2D eigenvalue weighted by Gasteiger charge is 2.41. The molecule has 2 aliphatic heterocycles. The Kier molecular flexibility index (Phi) is 7.25. The normalized spacial score (nSPS) is 14.7. The molecule has 0 fully saturated rings. The van der Waals surface area contributed by atoms with Crippen LogP contribution in [0.25, 0.3) is 33.4 Å². The lowest BCUT2D eigenvalue weighted by Crippen LogP contribution is -2.32. The first-order valence-electron chi connectivity index (χ1n) is 19.9. The molecule has 0 amide bonds. The number of nitrogens with zero attached hydrogens (tertiary/aromatic N) is 2. The van der Waals surface area contributed by atoms with E-state index in [2.05, 4.69) is 213 Å². The van der Waals surface area contributed by atoms with Gasteiger partial charge in [-0.3, -0.25) is 0 Å². The number of rotatable bonds is 5. The minimum Gasteiger partial charge on any atom is -0.453 e. The molecule has 0 saturated heterocycles. The van der Waals surface area contributed by atoms with Crippen LogP contribution in [0.1, 0.15) is 49.9 Å². The molecule has 0 bridgehead atoms. The van der Waals surface area contributed by atoms with Gasteiger partial charge < -0.3 is 14.5 Å². The molecule has 0 unspecified atom stereocenters. The molecule has 11 rings (SSSR count). The van der Waals surface area contributed by atoms with E-state index in [4.69, 9.17) is 4.74 Å². The molecule has 2 heterocycles. The van der Waals surface area contributed by atoms with E-state index in [0.717, 1.165) is 39.9 Å². The topological polar surface area (TPSA) is 15.7 Å². The van der Waals surface area contributed by atoms with E-state index >= 15 is 0 Å². The van der Waals surface area contributed by atoms with Crippen LogP contribution >= 0.6 is 0 Å². The predicted molar refractivity (Wildman–Crippen MR) is 236 cm³/mol. The number of para-hydroxylation sites is 4. The van der Waals surface area contributed by atoms with Crippen molar-refractivity contribution in [1.29, 1.82) is 0 Å². The van der Waals surface area contributed by atoms with Crippen molar-refractivity contribution < 1.29 is 4.74 Å². The zero-order chi connectivity index (χ0) is 38.5. The van der Waals surface area contributed by atoms with Crippen molar-refractivity contribution in [2.45, 2.75) is 38.5 Å². The molecule has 3 heteroatoms. The zero-order valence-corrected chi connectivity index (χ0v) is 32.6. The summed E-state index contributed by atoms with van der Waals surface area (Å²) in [5, 5.41) is 0. The number of ether oxygens (including phenoxy) is 1. The van der Waals surface area contributed by atoms with Crippen molar-refractivity contribution >= 4 is 34.1 Å². The summed E-state index contributed by atoms with van der Waals surface area (Å²) in [7, 11) is 0. The Hall–Kier alpha value is -6.84. The van der Waals surface area contributed by atoms with Crippen molar-refractivity contribution in [1.82, 2.24) is 0 Å². The van der Waals surface area contributed by atoms with Crippen LogP contribution in [-0.4, -0.2) is 0 Å². The van der Waals surface area contributed by atoms with Gasteiger partial charge in [0.05, 0.1) is 17.1 Å². The third kappa shape index (κ3) is 5.05. The van der Waals surface area contributed by atoms with E-state index in [-0.39, 0.29) is 10.8 Å². The first-order chi connectivity index (χ1) is 27.8. The zero-order valence-electron chi connectivity index (χ0n) is 32.6. The van der Waals surface area contributed by atoms with Gasteiger partial charge in [0.1, 0.15) is 0 Å². The Morgan fingerprint density at radius 2 is 0.947 bits per heavy atom. The maximum atomic E-state index is 6.42. The van der Waals surface area contributed by atoms with E-state index in [1.165, 1.54) is 61.3 Å². The van der Waals surface area contributed by atoms with Gasteiger partial charge in [-0.05, 0) is 122 Å². The summed E-state index contributed by atoms with van der Waals surface area (Å²) in [6.07, 6.45) is 0. The highest BCUT2D eigenvalue weighted by atomic mass is 16.5. The van der Waals surface area contributed by atoms with E-state index in [9.17, 15) is 0 Å². The molecule has 0 radical (unpaired) electrons. The van der Waals surface area contributed by atoms with Crippen molar-refractivity contribution in [2.75, 3.05) is 9.80 Å². The SMILES string of the molecule is CC1(C)c2ccccc2-c2ccc(N(c3ccccc3)c3ccc(-c4ccc(-c5ccc6c(c5)C(C)(C)c5cccc7c5N6c5ccccc5O7)cc4)cc3)cc21. The van der Waals surface area contributed by atoms with Crippen molar-refractivity contribution in [2.24, 2.45) is 0 Å². The van der Waals surface area contributed by atoms with E-state index in [1.54, 1.807) is 0 Å². The van der Waals surface area contributed by atoms with Crippen LogP contribution in [0, 0.1) is 0 Å². The van der Waals surface area contributed by atoms with Gasteiger partial charge in [0.2, 0.25) is 0 Å². The van der Waals surface area contributed by atoms with E-state index < -0.39 is 0 Å². The lowest BCUT2D eigenvalue weighted by atomic mass is 9.72.